The Morgan fingerprint density at radius 3 is 2.83 bits per heavy atom. The van der Waals surface area contributed by atoms with Gasteiger partial charge in [-0.2, -0.15) is 9.38 Å². The first-order valence-corrected chi connectivity index (χ1v) is 9.60. The van der Waals surface area contributed by atoms with Gasteiger partial charge >= 0.3 is 5.82 Å². The molecule has 0 fully saturated rings. The number of thiophene rings is 1. The molecule has 23 heavy (non-hydrogen) atoms. The molecule has 3 aromatic heterocycles. The Kier molecular flexibility index (Phi) is 4.30. The Morgan fingerprint density at radius 2 is 2.13 bits per heavy atom. The molecule has 0 saturated carbocycles. The molecule has 0 aliphatic rings. The van der Waals surface area contributed by atoms with Crippen molar-refractivity contribution in [1.82, 2.24) is 14.1 Å². The van der Waals surface area contributed by atoms with E-state index in [-0.39, 0.29) is 28.9 Å². The van der Waals surface area contributed by atoms with Crippen molar-refractivity contribution in [3.05, 3.63) is 39.2 Å². The summed E-state index contributed by atoms with van der Waals surface area (Å²) in [6.45, 7) is 0.263. The summed E-state index contributed by atoms with van der Waals surface area (Å²) in [4.78, 5) is 15.2. The van der Waals surface area contributed by atoms with E-state index in [4.69, 9.17) is 0 Å². The molecule has 12 heteroatoms. The van der Waals surface area contributed by atoms with Gasteiger partial charge in [-0.3, -0.25) is 0 Å². The van der Waals surface area contributed by atoms with Gasteiger partial charge in [0.05, 0.1) is 0 Å². The fourth-order valence-electron chi connectivity index (χ4n) is 1.92. The fraction of sp³-hybridized carbons (Fsp3) is 0.182. The smallest absolute Gasteiger partial charge is 0.362 e. The maximum Gasteiger partial charge on any atom is 0.372 e. The fourth-order valence-corrected chi connectivity index (χ4v) is 4.70. The monoisotopic (exact) mass is 373 g/mol. The second kappa shape index (κ2) is 6.23. The van der Waals surface area contributed by atoms with Crippen LogP contribution in [0.1, 0.15) is 0 Å². The number of rotatable bonds is 7. The lowest BCUT2D eigenvalue weighted by Crippen LogP contribution is -2.28. The number of hydrogen-bond acceptors (Lipinski definition) is 8. The van der Waals surface area contributed by atoms with E-state index >= 15 is 0 Å². The first-order valence-electron chi connectivity index (χ1n) is 6.36. The van der Waals surface area contributed by atoms with Crippen LogP contribution in [0.4, 0.5) is 11.6 Å². The number of imidazole rings is 1. The number of fused-ring (bicyclic) bond motifs is 1. The molecular weight excluding hydrogens is 362 g/mol. The normalized spacial score (nSPS) is 11.8. The lowest BCUT2D eigenvalue weighted by atomic mass is 10.5. The van der Waals surface area contributed by atoms with E-state index in [0.29, 0.717) is 4.96 Å². The minimum Gasteiger partial charge on any atom is -0.362 e. The van der Waals surface area contributed by atoms with Crippen molar-refractivity contribution in [2.75, 3.05) is 18.4 Å². The second-order valence-corrected chi connectivity index (χ2v) is 8.17. The molecule has 9 nitrogen and oxygen atoms in total. The highest BCUT2D eigenvalue weighted by molar-refractivity contribution is 7.91. The van der Waals surface area contributed by atoms with Crippen LogP contribution >= 0.6 is 22.7 Å². The van der Waals surface area contributed by atoms with Gasteiger partial charge in [0, 0.05) is 18.5 Å². The molecule has 0 aliphatic carbocycles. The maximum atomic E-state index is 11.9. The van der Waals surface area contributed by atoms with Gasteiger partial charge < -0.3 is 15.4 Å². The van der Waals surface area contributed by atoms with Crippen molar-refractivity contribution in [3.63, 3.8) is 0 Å². The predicted molar refractivity (Wildman–Crippen MR) is 87.7 cm³/mol. The lowest BCUT2D eigenvalue weighted by Gasteiger charge is -2.05. The van der Waals surface area contributed by atoms with Crippen LogP contribution in [0, 0.1) is 10.1 Å². The van der Waals surface area contributed by atoms with E-state index < -0.39 is 14.9 Å². The zero-order chi connectivity index (χ0) is 16.4. The molecule has 2 N–H and O–H groups in total. The molecule has 0 bridgehead atoms. The van der Waals surface area contributed by atoms with Crippen molar-refractivity contribution >= 4 is 49.3 Å². The Labute approximate surface area is 138 Å². The van der Waals surface area contributed by atoms with Gasteiger partial charge in [-0.25, -0.2) is 13.1 Å². The molecular formula is C11H11N5O4S3. The molecule has 3 rings (SSSR count). The van der Waals surface area contributed by atoms with Crippen LogP contribution in [0.15, 0.2) is 33.3 Å². The third-order valence-corrected chi connectivity index (χ3v) is 6.49. The maximum absolute atomic E-state index is 11.9. The number of nitro groups is 1. The van der Waals surface area contributed by atoms with Gasteiger partial charge in [0.1, 0.15) is 10.4 Å². The summed E-state index contributed by atoms with van der Waals surface area (Å²) >= 11 is 2.40. The highest BCUT2D eigenvalue weighted by atomic mass is 32.2. The van der Waals surface area contributed by atoms with E-state index in [1.54, 1.807) is 23.0 Å². The van der Waals surface area contributed by atoms with Crippen LogP contribution in [0.2, 0.25) is 0 Å². The van der Waals surface area contributed by atoms with Crippen LogP contribution in [0.3, 0.4) is 0 Å². The van der Waals surface area contributed by atoms with Crippen LogP contribution in [0.5, 0.6) is 0 Å². The molecule has 0 saturated heterocycles. The highest BCUT2D eigenvalue weighted by Gasteiger charge is 2.23. The van der Waals surface area contributed by atoms with Crippen LogP contribution in [-0.2, 0) is 10.0 Å². The van der Waals surface area contributed by atoms with E-state index in [1.165, 1.54) is 21.8 Å². The average molecular weight is 373 g/mol. The molecule has 3 aromatic rings. The molecule has 0 aromatic carbocycles. The molecule has 0 spiro atoms. The zero-order valence-corrected chi connectivity index (χ0v) is 13.9. The van der Waals surface area contributed by atoms with E-state index in [0.717, 1.165) is 11.3 Å². The van der Waals surface area contributed by atoms with Gasteiger partial charge in [0.2, 0.25) is 15.8 Å². The number of nitrogens with zero attached hydrogens (tertiary/aromatic N) is 3. The molecule has 0 unspecified atom stereocenters. The van der Waals surface area contributed by atoms with Gasteiger partial charge in [0.15, 0.2) is 0 Å². The Hall–Kier alpha value is -2.02. The summed E-state index contributed by atoms with van der Waals surface area (Å²) in [6, 6.07) is 3.16. The van der Waals surface area contributed by atoms with Crippen molar-refractivity contribution in [3.8, 4) is 0 Å². The minimum absolute atomic E-state index is 0.0859. The first-order chi connectivity index (χ1) is 11.0. The second-order valence-electron chi connectivity index (χ2n) is 4.35. The molecule has 0 amide bonds. The SMILES string of the molecule is O=[N+]([O-])c1c(NCCNS(=O)(=O)c2cccs2)nc2sccn12. The van der Waals surface area contributed by atoms with Crippen LogP contribution in [0.25, 0.3) is 4.96 Å². The van der Waals surface area contributed by atoms with Crippen LogP contribution < -0.4 is 10.0 Å². The zero-order valence-electron chi connectivity index (χ0n) is 11.5. The third kappa shape index (κ3) is 3.19. The first kappa shape index (κ1) is 15.9. The summed E-state index contributed by atoms with van der Waals surface area (Å²) in [6.07, 6.45) is 1.57. The summed E-state index contributed by atoms with van der Waals surface area (Å²) < 4.78 is 27.9. The predicted octanol–water partition coefficient (Wildman–Crippen LogP) is 1.76. The van der Waals surface area contributed by atoms with Gasteiger partial charge in [-0.05, 0) is 16.4 Å². The molecule has 3 heterocycles. The van der Waals surface area contributed by atoms with Crippen LogP contribution in [-0.4, -0.2) is 35.8 Å². The summed E-state index contributed by atoms with van der Waals surface area (Å²) in [7, 11) is -3.54. The Bertz CT molecular complexity index is 928. The Morgan fingerprint density at radius 1 is 1.30 bits per heavy atom. The topological polar surface area (TPSA) is 119 Å². The molecule has 0 atom stereocenters. The van der Waals surface area contributed by atoms with Crippen molar-refractivity contribution < 1.29 is 13.3 Å². The summed E-state index contributed by atoms with van der Waals surface area (Å²) in [5.74, 6) is -0.0421. The number of sulfonamides is 1. The summed E-state index contributed by atoms with van der Waals surface area (Å²) in [5, 5.41) is 17.3. The number of nitrogens with one attached hydrogen (secondary N) is 2. The van der Waals surface area contributed by atoms with E-state index in [2.05, 4.69) is 15.0 Å². The Balaban J connectivity index is 1.64. The van der Waals surface area contributed by atoms with Crippen molar-refractivity contribution in [1.29, 1.82) is 0 Å². The molecule has 0 radical (unpaired) electrons. The number of aromatic nitrogens is 2. The summed E-state index contributed by atoms with van der Waals surface area (Å²) in [5.41, 5.74) is 0. The van der Waals surface area contributed by atoms with Crippen molar-refractivity contribution in [2.24, 2.45) is 0 Å². The third-order valence-electron chi connectivity index (χ3n) is 2.88. The van der Waals surface area contributed by atoms with Gasteiger partial charge in [-0.1, -0.05) is 17.4 Å². The number of thiazole rings is 1. The highest BCUT2D eigenvalue weighted by Crippen LogP contribution is 2.27. The molecule has 0 aliphatic heterocycles. The van der Waals surface area contributed by atoms with E-state index in [9.17, 15) is 18.5 Å². The largest absolute Gasteiger partial charge is 0.372 e. The van der Waals surface area contributed by atoms with Crippen molar-refractivity contribution in [2.45, 2.75) is 4.21 Å². The van der Waals surface area contributed by atoms with Gasteiger partial charge in [0.25, 0.3) is 4.96 Å². The minimum atomic E-state index is -3.54. The van der Waals surface area contributed by atoms with E-state index in [1.807, 2.05) is 0 Å². The quantitative estimate of drug-likeness (QED) is 0.370. The molecule has 122 valence electrons. The number of anilines is 1. The average Bonchev–Trinajstić information content (AvgIpc) is 3.18. The lowest BCUT2D eigenvalue weighted by molar-refractivity contribution is -0.389. The standard InChI is InChI=1S/C11H11N5O4S3/c17-16(18)10-9(14-11-15(10)5-7-22-11)12-3-4-13-23(19,20)8-2-1-6-21-8/h1-2,5-7,12-13H,3-4H2. The van der Waals surface area contributed by atoms with Gasteiger partial charge in [-0.15, -0.1) is 11.3 Å². The number of hydrogen-bond donors (Lipinski definition) is 2.